The summed E-state index contributed by atoms with van der Waals surface area (Å²) in [5.74, 6) is 2.37. The van der Waals surface area contributed by atoms with Gasteiger partial charge in [-0.2, -0.15) is 4.98 Å². The number of hydrogen-bond acceptors (Lipinski definition) is 5. The molecule has 1 atom stereocenters. The number of rotatable bonds is 5. The Labute approximate surface area is 143 Å². The SMILES string of the molecule is CC(C)N1CCCC(CC2CC2)(c2noc(-c3ccncc3)n2)C1. The first-order valence-electron chi connectivity index (χ1n) is 9.15. The predicted octanol–water partition coefficient (Wildman–Crippen LogP) is 3.67. The first kappa shape index (κ1) is 15.8. The molecular formula is C19H26N4O. The van der Waals surface area contributed by atoms with Gasteiger partial charge in [-0.25, -0.2) is 0 Å². The Morgan fingerprint density at radius 1 is 1.29 bits per heavy atom. The Morgan fingerprint density at radius 3 is 2.79 bits per heavy atom. The van der Waals surface area contributed by atoms with Crippen molar-refractivity contribution in [2.75, 3.05) is 13.1 Å². The summed E-state index contributed by atoms with van der Waals surface area (Å²) in [6.07, 6.45) is 9.83. The van der Waals surface area contributed by atoms with Crippen LogP contribution in [-0.2, 0) is 5.41 Å². The van der Waals surface area contributed by atoms with Crippen LogP contribution in [-0.4, -0.2) is 39.2 Å². The van der Waals surface area contributed by atoms with E-state index in [4.69, 9.17) is 9.51 Å². The standard InChI is InChI=1S/C19H26N4O/c1-14(2)23-11-3-8-19(13-23,12-15-4-5-15)18-21-17(24-22-18)16-6-9-20-10-7-16/h6-7,9-10,14-15H,3-5,8,11-13H2,1-2H3. The van der Waals surface area contributed by atoms with Crippen LogP contribution in [0.15, 0.2) is 29.0 Å². The van der Waals surface area contributed by atoms with Gasteiger partial charge >= 0.3 is 0 Å². The number of pyridine rings is 1. The molecular weight excluding hydrogens is 300 g/mol. The number of nitrogens with zero attached hydrogens (tertiary/aromatic N) is 4. The summed E-state index contributed by atoms with van der Waals surface area (Å²) < 4.78 is 5.62. The molecule has 1 saturated carbocycles. The van der Waals surface area contributed by atoms with Crippen molar-refractivity contribution in [3.8, 4) is 11.5 Å². The molecule has 1 aliphatic carbocycles. The molecule has 2 aromatic heterocycles. The van der Waals surface area contributed by atoms with E-state index in [-0.39, 0.29) is 5.41 Å². The molecule has 2 fully saturated rings. The Kier molecular flexibility index (Phi) is 4.12. The topological polar surface area (TPSA) is 55.1 Å². The lowest BCUT2D eigenvalue weighted by Gasteiger charge is -2.43. The van der Waals surface area contributed by atoms with Gasteiger partial charge in [-0.3, -0.25) is 9.88 Å². The highest BCUT2D eigenvalue weighted by atomic mass is 16.5. The molecule has 3 heterocycles. The van der Waals surface area contributed by atoms with Crippen LogP contribution >= 0.6 is 0 Å². The third-order valence-corrected chi connectivity index (χ3v) is 5.54. The summed E-state index contributed by atoms with van der Waals surface area (Å²) in [7, 11) is 0. The second kappa shape index (κ2) is 6.28. The van der Waals surface area contributed by atoms with Crippen LogP contribution in [0.4, 0.5) is 0 Å². The summed E-state index contributed by atoms with van der Waals surface area (Å²) >= 11 is 0. The maximum absolute atomic E-state index is 5.62. The van der Waals surface area contributed by atoms with Crippen LogP contribution < -0.4 is 0 Å². The van der Waals surface area contributed by atoms with E-state index in [2.05, 4.69) is 28.9 Å². The maximum Gasteiger partial charge on any atom is 0.258 e. The molecule has 1 saturated heterocycles. The van der Waals surface area contributed by atoms with Gasteiger partial charge in [0.05, 0.1) is 0 Å². The lowest BCUT2D eigenvalue weighted by Crippen LogP contribution is -2.49. The van der Waals surface area contributed by atoms with Gasteiger partial charge in [0.15, 0.2) is 5.82 Å². The van der Waals surface area contributed by atoms with Crippen LogP contribution in [0.2, 0.25) is 0 Å². The van der Waals surface area contributed by atoms with E-state index < -0.39 is 0 Å². The number of aromatic nitrogens is 3. The molecule has 1 aliphatic heterocycles. The van der Waals surface area contributed by atoms with E-state index in [1.54, 1.807) is 12.4 Å². The summed E-state index contributed by atoms with van der Waals surface area (Å²) in [5, 5.41) is 4.43. The summed E-state index contributed by atoms with van der Waals surface area (Å²) in [4.78, 5) is 11.5. The Balaban J connectivity index is 1.65. The van der Waals surface area contributed by atoms with E-state index in [0.29, 0.717) is 11.9 Å². The first-order chi connectivity index (χ1) is 11.7. The number of likely N-dealkylation sites (tertiary alicyclic amines) is 1. The van der Waals surface area contributed by atoms with Crippen molar-refractivity contribution in [2.24, 2.45) is 5.92 Å². The van der Waals surface area contributed by atoms with Crippen LogP contribution in [0.5, 0.6) is 0 Å². The van der Waals surface area contributed by atoms with Crippen LogP contribution in [0.3, 0.4) is 0 Å². The Hall–Kier alpha value is -1.75. The van der Waals surface area contributed by atoms with Crippen molar-refractivity contribution >= 4 is 0 Å². The summed E-state index contributed by atoms with van der Waals surface area (Å²) in [5.41, 5.74) is 1.00. The molecule has 24 heavy (non-hydrogen) atoms. The Morgan fingerprint density at radius 2 is 2.08 bits per heavy atom. The van der Waals surface area contributed by atoms with Crippen molar-refractivity contribution in [3.05, 3.63) is 30.4 Å². The molecule has 0 spiro atoms. The molecule has 4 rings (SSSR count). The minimum atomic E-state index is 0.0540. The fraction of sp³-hybridized carbons (Fsp3) is 0.632. The highest BCUT2D eigenvalue weighted by molar-refractivity contribution is 5.51. The van der Waals surface area contributed by atoms with Gasteiger partial charge in [-0.15, -0.1) is 0 Å². The van der Waals surface area contributed by atoms with Crippen LogP contribution in [0.1, 0.15) is 51.8 Å². The summed E-state index contributed by atoms with van der Waals surface area (Å²) in [6, 6.07) is 4.41. The zero-order valence-electron chi connectivity index (χ0n) is 14.6. The minimum Gasteiger partial charge on any atom is -0.334 e. The van der Waals surface area contributed by atoms with Gasteiger partial charge in [0.1, 0.15) is 0 Å². The third kappa shape index (κ3) is 3.09. The van der Waals surface area contributed by atoms with Crippen LogP contribution in [0, 0.1) is 5.92 Å². The zero-order valence-corrected chi connectivity index (χ0v) is 14.6. The fourth-order valence-corrected chi connectivity index (χ4v) is 3.97. The number of piperidine rings is 1. The molecule has 0 amide bonds. The summed E-state index contributed by atoms with van der Waals surface area (Å²) in [6.45, 7) is 6.80. The quantitative estimate of drug-likeness (QED) is 0.839. The first-order valence-corrected chi connectivity index (χ1v) is 9.15. The van der Waals surface area contributed by atoms with E-state index in [1.807, 2.05) is 12.1 Å². The van der Waals surface area contributed by atoms with Gasteiger partial charge < -0.3 is 4.52 Å². The predicted molar refractivity (Wildman–Crippen MR) is 92.5 cm³/mol. The van der Waals surface area contributed by atoms with Gasteiger partial charge in [0, 0.05) is 36.0 Å². The molecule has 0 bridgehead atoms. The largest absolute Gasteiger partial charge is 0.334 e. The molecule has 0 aromatic carbocycles. The number of hydrogen-bond donors (Lipinski definition) is 0. The van der Waals surface area contributed by atoms with E-state index in [9.17, 15) is 0 Å². The monoisotopic (exact) mass is 326 g/mol. The van der Waals surface area contributed by atoms with Crippen molar-refractivity contribution in [2.45, 2.75) is 57.4 Å². The zero-order chi connectivity index (χ0) is 16.6. The molecule has 1 unspecified atom stereocenters. The lowest BCUT2D eigenvalue weighted by molar-refractivity contribution is 0.0994. The van der Waals surface area contributed by atoms with Gasteiger partial charge in [-0.1, -0.05) is 18.0 Å². The Bertz CT molecular complexity index is 680. The second-order valence-corrected chi connectivity index (χ2v) is 7.75. The van der Waals surface area contributed by atoms with Gasteiger partial charge in [0.2, 0.25) is 0 Å². The maximum atomic E-state index is 5.62. The average molecular weight is 326 g/mol. The normalized spacial score (nSPS) is 25.3. The molecule has 2 aromatic rings. The smallest absolute Gasteiger partial charge is 0.258 e. The molecule has 0 radical (unpaired) electrons. The highest BCUT2D eigenvalue weighted by Gasteiger charge is 2.45. The average Bonchev–Trinajstić information content (AvgIpc) is 3.26. The van der Waals surface area contributed by atoms with E-state index >= 15 is 0 Å². The third-order valence-electron chi connectivity index (χ3n) is 5.54. The molecule has 2 aliphatic rings. The molecule has 0 N–H and O–H groups in total. The molecule has 5 heteroatoms. The second-order valence-electron chi connectivity index (χ2n) is 7.75. The highest BCUT2D eigenvalue weighted by Crippen LogP contribution is 2.46. The lowest BCUT2D eigenvalue weighted by atomic mass is 9.74. The van der Waals surface area contributed by atoms with Crippen LogP contribution in [0.25, 0.3) is 11.5 Å². The van der Waals surface area contributed by atoms with Crippen molar-refractivity contribution in [1.29, 1.82) is 0 Å². The van der Waals surface area contributed by atoms with E-state index in [0.717, 1.165) is 23.9 Å². The van der Waals surface area contributed by atoms with Crippen molar-refractivity contribution in [1.82, 2.24) is 20.0 Å². The van der Waals surface area contributed by atoms with E-state index in [1.165, 1.54) is 38.6 Å². The molecule has 128 valence electrons. The minimum absolute atomic E-state index is 0.0540. The fourth-order valence-electron chi connectivity index (χ4n) is 3.97. The molecule has 5 nitrogen and oxygen atoms in total. The van der Waals surface area contributed by atoms with Gasteiger partial charge in [0.25, 0.3) is 5.89 Å². The van der Waals surface area contributed by atoms with Gasteiger partial charge in [-0.05, 0) is 57.7 Å². The van der Waals surface area contributed by atoms with Crippen molar-refractivity contribution in [3.63, 3.8) is 0 Å². The van der Waals surface area contributed by atoms with Crippen molar-refractivity contribution < 1.29 is 4.52 Å².